The first-order valence-electron chi connectivity index (χ1n) is 7.78. The first-order valence-corrected chi connectivity index (χ1v) is 9.26. The van der Waals surface area contributed by atoms with E-state index in [2.05, 4.69) is 20.3 Å². The first kappa shape index (κ1) is 21.4. The number of nitrogens with zero attached hydrogens (tertiary/aromatic N) is 2. The number of hydrogen-bond acceptors (Lipinski definition) is 7. The summed E-state index contributed by atoms with van der Waals surface area (Å²) in [5, 5.41) is 16.4. The Morgan fingerprint density at radius 2 is 1.86 bits per heavy atom. The topological polar surface area (TPSA) is 126 Å². The van der Waals surface area contributed by atoms with Gasteiger partial charge in [0.1, 0.15) is 11.5 Å². The predicted molar refractivity (Wildman–Crippen MR) is 95.6 cm³/mol. The Bertz CT molecular complexity index is 966. The van der Waals surface area contributed by atoms with Crippen LogP contribution in [0.5, 0.6) is 0 Å². The third kappa shape index (κ3) is 5.07. The van der Waals surface area contributed by atoms with Crippen molar-refractivity contribution in [3.8, 4) is 0 Å². The van der Waals surface area contributed by atoms with Gasteiger partial charge in [-0.15, -0.1) is 0 Å². The Morgan fingerprint density at radius 3 is 2.46 bits per heavy atom. The fourth-order valence-electron chi connectivity index (χ4n) is 2.25. The third-order valence-electron chi connectivity index (χ3n) is 3.59. The zero-order valence-corrected chi connectivity index (χ0v) is 15.3. The number of rotatable bonds is 8. The number of nitrogens with one attached hydrogen (secondary N) is 3. The standard InChI is InChI=1S/C15H16F3N5O4S/c1-19-28(26,27)10-4-5-12(13(9-10)23(24)25)20-7-8-22-14-11(15(16,17)18)3-2-6-21-14/h2-6,9,19-20H,7-8H2,1H3,(H,21,22). The van der Waals surface area contributed by atoms with Crippen LogP contribution in [0.2, 0.25) is 0 Å². The van der Waals surface area contributed by atoms with E-state index < -0.39 is 32.4 Å². The van der Waals surface area contributed by atoms with Crippen molar-refractivity contribution in [2.75, 3.05) is 30.8 Å². The number of aromatic nitrogens is 1. The summed E-state index contributed by atoms with van der Waals surface area (Å²) in [5.41, 5.74) is -1.38. The van der Waals surface area contributed by atoms with Crippen LogP contribution in [0, 0.1) is 10.1 Å². The Morgan fingerprint density at radius 1 is 1.18 bits per heavy atom. The largest absolute Gasteiger partial charge is 0.419 e. The van der Waals surface area contributed by atoms with E-state index in [1.165, 1.54) is 25.4 Å². The zero-order chi connectivity index (χ0) is 20.9. The number of sulfonamides is 1. The van der Waals surface area contributed by atoms with Crippen LogP contribution in [0.3, 0.4) is 0 Å². The minimum Gasteiger partial charge on any atom is -0.378 e. The smallest absolute Gasteiger partial charge is 0.378 e. The van der Waals surface area contributed by atoms with Crippen molar-refractivity contribution in [3.05, 3.63) is 52.2 Å². The molecule has 0 fully saturated rings. The molecular formula is C15H16F3N5O4S. The number of pyridine rings is 1. The van der Waals surface area contributed by atoms with Gasteiger partial charge < -0.3 is 10.6 Å². The SMILES string of the molecule is CNS(=O)(=O)c1ccc(NCCNc2ncccc2C(F)(F)F)c([N+](=O)[O-])c1. The van der Waals surface area contributed by atoms with Gasteiger partial charge in [0, 0.05) is 25.4 Å². The van der Waals surface area contributed by atoms with Gasteiger partial charge in [-0.05, 0) is 31.3 Å². The summed E-state index contributed by atoms with van der Waals surface area (Å²) in [6.45, 7) is 0.000644. The van der Waals surface area contributed by atoms with E-state index in [9.17, 15) is 31.7 Å². The van der Waals surface area contributed by atoms with Crippen LogP contribution < -0.4 is 15.4 Å². The van der Waals surface area contributed by atoms with Crippen molar-refractivity contribution in [1.29, 1.82) is 0 Å². The van der Waals surface area contributed by atoms with Crippen molar-refractivity contribution < 1.29 is 26.5 Å². The van der Waals surface area contributed by atoms with Crippen molar-refractivity contribution in [3.63, 3.8) is 0 Å². The lowest BCUT2D eigenvalue weighted by atomic mass is 10.2. The average Bonchev–Trinajstić information content (AvgIpc) is 2.64. The van der Waals surface area contributed by atoms with E-state index in [1.54, 1.807) is 0 Å². The molecule has 13 heteroatoms. The normalized spacial score (nSPS) is 11.9. The maximum absolute atomic E-state index is 12.9. The zero-order valence-electron chi connectivity index (χ0n) is 14.4. The number of hydrogen-bond donors (Lipinski definition) is 3. The second-order valence-electron chi connectivity index (χ2n) is 5.39. The molecule has 0 amide bonds. The third-order valence-corrected chi connectivity index (χ3v) is 5.00. The van der Waals surface area contributed by atoms with Crippen LogP contribution in [0.1, 0.15) is 5.56 Å². The predicted octanol–water partition coefficient (Wildman–Crippen LogP) is 2.44. The Kier molecular flexibility index (Phi) is 6.41. The molecule has 0 saturated carbocycles. The maximum atomic E-state index is 12.9. The van der Waals surface area contributed by atoms with E-state index in [0.717, 1.165) is 18.2 Å². The molecule has 0 aliphatic heterocycles. The molecular weight excluding hydrogens is 403 g/mol. The lowest BCUT2D eigenvalue weighted by Gasteiger charge is -2.14. The van der Waals surface area contributed by atoms with Crippen LogP contribution in [0.15, 0.2) is 41.4 Å². The number of nitro benzene ring substituents is 1. The van der Waals surface area contributed by atoms with Gasteiger partial charge in [-0.2, -0.15) is 13.2 Å². The number of halogens is 3. The van der Waals surface area contributed by atoms with Crippen LogP contribution >= 0.6 is 0 Å². The molecule has 2 rings (SSSR count). The summed E-state index contributed by atoms with van der Waals surface area (Å²) in [6, 6.07) is 5.33. The second-order valence-corrected chi connectivity index (χ2v) is 7.28. The summed E-state index contributed by atoms with van der Waals surface area (Å²) in [7, 11) is -2.69. The molecule has 1 aromatic heterocycles. The highest BCUT2D eigenvalue weighted by Gasteiger charge is 2.33. The molecule has 0 bridgehead atoms. The molecule has 0 saturated heterocycles. The minimum atomic E-state index is -4.57. The Balaban J connectivity index is 2.09. The number of benzene rings is 1. The molecule has 0 radical (unpaired) electrons. The summed E-state index contributed by atoms with van der Waals surface area (Å²) >= 11 is 0. The van der Waals surface area contributed by atoms with Gasteiger partial charge in [-0.1, -0.05) is 0 Å². The van der Waals surface area contributed by atoms with Crippen molar-refractivity contribution in [2.45, 2.75) is 11.1 Å². The number of anilines is 2. The van der Waals surface area contributed by atoms with E-state index >= 15 is 0 Å². The molecule has 1 aromatic carbocycles. The van der Waals surface area contributed by atoms with Crippen LogP contribution in [0.4, 0.5) is 30.4 Å². The molecule has 9 nitrogen and oxygen atoms in total. The van der Waals surface area contributed by atoms with Crippen molar-refractivity contribution in [2.24, 2.45) is 0 Å². The highest BCUT2D eigenvalue weighted by molar-refractivity contribution is 7.89. The Hall–Kier alpha value is -2.93. The lowest BCUT2D eigenvalue weighted by Crippen LogP contribution is -2.20. The fourth-order valence-corrected chi connectivity index (χ4v) is 3.00. The quantitative estimate of drug-likeness (QED) is 0.341. The average molecular weight is 419 g/mol. The van der Waals surface area contributed by atoms with E-state index in [4.69, 9.17) is 0 Å². The van der Waals surface area contributed by atoms with E-state index in [1.807, 2.05) is 0 Å². The van der Waals surface area contributed by atoms with Gasteiger partial charge in [0.25, 0.3) is 5.69 Å². The number of alkyl halides is 3. The lowest BCUT2D eigenvalue weighted by molar-refractivity contribution is -0.384. The summed E-state index contributed by atoms with van der Waals surface area (Å²) in [6.07, 6.45) is -3.37. The molecule has 152 valence electrons. The minimum absolute atomic E-state index is 0.0200. The van der Waals surface area contributed by atoms with Gasteiger partial charge >= 0.3 is 6.18 Å². The van der Waals surface area contributed by atoms with Crippen LogP contribution in [-0.4, -0.2) is 38.5 Å². The number of nitro groups is 1. The molecule has 0 aliphatic carbocycles. The van der Waals surface area contributed by atoms with Gasteiger partial charge in [-0.3, -0.25) is 10.1 Å². The fraction of sp³-hybridized carbons (Fsp3) is 0.267. The monoisotopic (exact) mass is 419 g/mol. The summed E-state index contributed by atoms with van der Waals surface area (Å²) in [4.78, 5) is 13.8. The maximum Gasteiger partial charge on any atom is 0.419 e. The highest BCUT2D eigenvalue weighted by atomic mass is 32.2. The van der Waals surface area contributed by atoms with Crippen LogP contribution in [-0.2, 0) is 16.2 Å². The molecule has 1 heterocycles. The molecule has 0 spiro atoms. The van der Waals surface area contributed by atoms with Gasteiger partial charge in [0.05, 0.1) is 15.4 Å². The summed E-state index contributed by atoms with van der Waals surface area (Å²) in [5.74, 6) is -0.359. The highest BCUT2D eigenvalue weighted by Crippen LogP contribution is 2.33. The van der Waals surface area contributed by atoms with Crippen molar-refractivity contribution >= 4 is 27.2 Å². The molecule has 3 N–H and O–H groups in total. The van der Waals surface area contributed by atoms with Crippen LogP contribution in [0.25, 0.3) is 0 Å². The summed E-state index contributed by atoms with van der Waals surface area (Å²) < 4.78 is 64.3. The Labute approximate surface area is 158 Å². The molecule has 28 heavy (non-hydrogen) atoms. The molecule has 0 unspecified atom stereocenters. The molecule has 0 aliphatic rings. The van der Waals surface area contributed by atoms with Crippen molar-refractivity contribution in [1.82, 2.24) is 9.71 Å². The van der Waals surface area contributed by atoms with E-state index in [-0.39, 0.29) is 29.5 Å². The molecule has 2 aromatic rings. The van der Waals surface area contributed by atoms with Gasteiger partial charge in [0.15, 0.2) is 0 Å². The molecule has 0 atom stereocenters. The van der Waals surface area contributed by atoms with Gasteiger partial charge in [-0.25, -0.2) is 18.1 Å². The second kappa shape index (κ2) is 8.39. The first-order chi connectivity index (χ1) is 13.1. The van der Waals surface area contributed by atoms with E-state index in [0.29, 0.717) is 0 Å². The van der Waals surface area contributed by atoms with Gasteiger partial charge in [0.2, 0.25) is 10.0 Å².